The number of hydrogen-bond donors (Lipinski definition) is 2. The summed E-state index contributed by atoms with van der Waals surface area (Å²) in [5.41, 5.74) is 5.86. The highest BCUT2D eigenvalue weighted by atomic mass is 16.5. The molecule has 0 heterocycles. The third-order valence-corrected chi connectivity index (χ3v) is 3.27. The maximum Gasteiger partial charge on any atom is 0.337 e. The van der Waals surface area contributed by atoms with E-state index in [1.54, 1.807) is 0 Å². The summed E-state index contributed by atoms with van der Waals surface area (Å²) in [6, 6.07) is 2.91. The largest absolute Gasteiger partial charge is 0.493 e. The van der Waals surface area contributed by atoms with E-state index in [0.717, 1.165) is 0 Å². The molecule has 1 aliphatic carbocycles. The van der Waals surface area contributed by atoms with Crippen molar-refractivity contribution < 1.29 is 19.4 Å². The van der Waals surface area contributed by atoms with Gasteiger partial charge in [0.2, 0.25) is 0 Å². The number of anilines is 1. The number of rotatable bonds is 5. The van der Waals surface area contributed by atoms with Crippen molar-refractivity contribution in [1.29, 1.82) is 0 Å². The van der Waals surface area contributed by atoms with Crippen LogP contribution >= 0.6 is 0 Å². The second-order valence-electron chi connectivity index (χ2n) is 4.50. The van der Waals surface area contributed by atoms with Gasteiger partial charge >= 0.3 is 5.97 Å². The average molecular weight is 251 g/mol. The summed E-state index contributed by atoms with van der Waals surface area (Å²) < 4.78 is 10.8. The van der Waals surface area contributed by atoms with E-state index in [9.17, 15) is 4.79 Å². The van der Waals surface area contributed by atoms with Crippen LogP contribution in [-0.4, -0.2) is 24.8 Å². The lowest BCUT2D eigenvalue weighted by Crippen LogP contribution is -2.19. The second kappa shape index (κ2) is 5.16. The molecule has 1 aromatic rings. The number of ether oxygens (including phenoxy) is 2. The van der Waals surface area contributed by atoms with Crippen molar-refractivity contribution in [3.8, 4) is 11.5 Å². The molecule has 0 saturated heterocycles. The lowest BCUT2D eigenvalue weighted by molar-refractivity contribution is 0.0697. The number of hydrogen-bond acceptors (Lipinski definition) is 4. The highest BCUT2D eigenvalue weighted by Gasteiger charge is 2.20. The summed E-state index contributed by atoms with van der Waals surface area (Å²) in [6.07, 6.45) is 3.58. The Hall–Kier alpha value is -1.91. The maximum atomic E-state index is 11.0. The van der Waals surface area contributed by atoms with Gasteiger partial charge in [-0.3, -0.25) is 0 Å². The number of methoxy groups -OCH3 is 1. The van der Waals surface area contributed by atoms with Gasteiger partial charge < -0.3 is 20.3 Å². The zero-order chi connectivity index (χ0) is 13.1. The smallest absolute Gasteiger partial charge is 0.337 e. The molecule has 0 amide bonds. The molecule has 3 N–H and O–H groups in total. The molecule has 1 aliphatic rings. The molecule has 1 fully saturated rings. The molecule has 0 aliphatic heterocycles. The third kappa shape index (κ3) is 2.50. The Kier molecular flexibility index (Phi) is 3.60. The van der Waals surface area contributed by atoms with Gasteiger partial charge in [0.15, 0.2) is 11.5 Å². The summed E-state index contributed by atoms with van der Waals surface area (Å²) in [5.74, 6) is 0.414. The van der Waals surface area contributed by atoms with E-state index in [4.69, 9.17) is 20.3 Å². The molecular weight excluding hydrogens is 234 g/mol. The molecule has 2 rings (SSSR count). The number of carbonyl (C=O) groups is 1. The second-order valence-corrected chi connectivity index (χ2v) is 4.50. The third-order valence-electron chi connectivity index (χ3n) is 3.27. The van der Waals surface area contributed by atoms with Crippen molar-refractivity contribution in [2.75, 3.05) is 19.5 Å². The normalized spacial score (nSPS) is 14.9. The molecule has 98 valence electrons. The minimum atomic E-state index is -1.07. The number of nitrogens with two attached hydrogens (primary N) is 1. The van der Waals surface area contributed by atoms with Crippen molar-refractivity contribution in [3.05, 3.63) is 17.7 Å². The van der Waals surface area contributed by atoms with Gasteiger partial charge in [0, 0.05) is 12.1 Å². The predicted molar refractivity (Wildman–Crippen MR) is 67.2 cm³/mol. The Bertz CT molecular complexity index is 455. The summed E-state index contributed by atoms with van der Waals surface area (Å²) in [6.45, 7) is 0.597. The number of nitrogen functional groups attached to an aromatic ring is 1. The minimum absolute atomic E-state index is 0.0411. The summed E-state index contributed by atoms with van der Waals surface area (Å²) in [5, 5.41) is 9.01. The first-order valence-electron chi connectivity index (χ1n) is 5.95. The monoisotopic (exact) mass is 251 g/mol. The molecule has 18 heavy (non-hydrogen) atoms. The molecular formula is C13H17NO4. The lowest BCUT2D eigenvalue weighted by Gasteiger charge is -2.25. The zero-order valence-corrected chi connectivity index (χ0v) is 10.3. The Balaban J connectivity index is 2.19. The summed E-state index contributed by atoms with van der Waals surface area (Å²) in [4.78, 5) is 11.0. The van der Waals surface area contributed by atoms with Crippen LogP contribution in [0.25, 0.3) is 0 Å². The first kappa shape index (κ1) is 12.5. The molecule has 1 saturated carbocycles. The molecule has 0 spiro atoms. The fourth-order valence-electron chi connectivity index (χ4n) is 1.90. The van der Waals surface area contributed by atoms with E-state index in [1.165, 1.54) is 38.5 Å². The average Bonchev–Trinajstić information content (AvgIpc) is 2.27. The highest BCUT2D eigenvalue weighted by Crippen LogP contribution is 2.34. The SMILES string of the molecule is COc1cc(N)c(C(=O)O)cc1OCC1CCC1. The van der Waals surface area contributed by atoms with Gasteiger partial charge in [-0.15, -0.1) is 0 Å². The maximum absolute atomic E-state index is 11.0. The lowest BCUT2D eigenvalue weighted by atomic mass is 9.86. The molecule has 0 radical (unpaired) electrons. The van der Waals surface area contributed by atoms with Gasteiger partial charge in [-0.2, -0.15) is 0 Å². The minimum Gasteiger partial charge on any atom is -0.493 e. The fraction of sp³-hybridized carbons (Fsp3) is 0.462. The summed E-state index contributed by atoms with van der Waals surface area (Å²) >= 11 is 0. The van der Waals surface area contributed by atoms with E-state index in [2.05, 4.69) is 0 Å². The van der Waals surface area contributed by atoms with E-state index >= 15 is 0 Å². The van der Waals surface area contributed by atoms with Gasteiger partial charge in [0.25, 0.3) is 0 Å². The van der Waals surface area contributed by atoms with Gasteiger partial charge in [-0.05, 0) is 18.8 Å². The van der Waals surface area contributed by atoms with E-state index < -0.39 is 5.97 Å². The predicted octanol–water partition coefficient (Wildman–Crippen LogP) is 2.15. The Morgan fingerprint density at radius 3 is 2.67 bits per heavy atom. The molecule has 5 nitrogen and oxygen atoms in total. The quantitative estimate of drug-likeness (QED) is 0.783. The van der Waals surface area contributed by atoms with Crippen molar-refractivity contribution in [3.63, 3.8) is 0 Å². The van der Waals surface area contributed by atoms with Crippen LogP contribution < -0.4 is 15.2 Å². The van der Waals surface area contributed by atoms with Gasteiger partial charge in [-0.1, -0.05) is 6.42 Å². The number of carboxylic acid groups (broad SMARTS) is 1. The zero-order valence-electron chi connectivity index (χ0n) is 10.3. The first-order valence-corrected chi connectivity index (χ1v) is 5.95. The molecule has 0 aromatic heterocycles. The number of benzene rings is 1. The van der Waals surface area contributed by atoms with Crippen LogP contribution in [0.3, 0.4) is 0 Å². The Morgan fingerprint density at radius 2 is 2.17 bits per heavy atom. The number of aromatic carboxylic acids is 1. The van der Waals surface area contributed by atoms with Crippen molar-refractivity contribution in [1.82, 2.24) is 0 Å². The van der Waals surface area contributed by atoms with Crippen LogP contribution in [0.2, 0.25) is 0 Å². The van der Waals surface area contributed by atoms with Gasteiger partial charge in [0.05, 0.1) is 25.0 Å². The van der Waals surface area contributed by atoms with Crippen LogP contribution in [0.1, 0.15) is 29.6 Å². The van der Waals surface area contributed by atoms with E-state index in [1.807, 2.05) is 0 Å². The van der Waals surface area contributed by atoms with Crippen LogP contribution in [0.15, 0.2) is 12.1 Å². The van der Waals surface area contributed by atoms with Crippen molar-refractivity contribution in [2.24, 2.45) is 5.92 Å². The fourth-order valence-corrected chi connectivity index (χ4v) is 1.90. The van der Waals surface area contributed by atoms with Crippen LogP contribution in [-0.2, 0) is 0 Å². The molecule has 0 bridgehead atoms. The van der Waals surface area contributed by atoms with Crippen molar-refractivity contribution >= 4 is 11.7 Å². The van der Waals surface area contributed by atoms with Crippen molar-refractivity contribution in [2.45, 2.75) is 19.3 Å². The van der Waals surface area contributed by atoms with E-state index in [0.29, 0.717) is 24.0 Å². The Labute approximate surface area is 106 Å². The van der Waals surface area contributed by atoms with Crippen LogP contribution in [0.4, 0.5) is 5.69 Å². The van der Waals surface area contributed by atoms with Gasteiger partial charge in [-0.25, -0.2) is 4.79 Å². The highest BCUT2D eigenvalue weighted by molar-refractivity contribution is 5.94. The topological polar surface area (TPSA) is 81.8 Å². The number of carboxylic acids is 1. The standard InChI is InChI=1S/C13H17NO4/c1-17-11-6-10(14)9(13(15)16)5-12(11)18-7-8-3-2-4-8/h5-6,8H,2-4,7,14H2,1H3,(H,15,16). The summed E-state index contributed by atoms with van der Waals surface area (Å²) in [7, 11) is 1.51. The van der Waals surface area contributed by atoms with E-state index in [-0.39, 0.29) is 11.3 Å². The molecule has 1 aromatic carbocycles. The molecule has 5 heteroatoms. The van der Waals surface area contributed by atoms with Gasteiger partial charge in [0.1, 0.15) is 0 Å². The van der Waals surface area contributed by atoms with Crippen LogP contribution in [0.5, 0.6) is 11.5 Å². The molecule has 0 unspecified atom stereocenters. The molecule has 0 atom stereocenters. The first-order chi connectivity index (χ1) is 8.61. The van der Waals surface area contributed by atoms with Crippen LogP contribution in [0, 0.1) is 5.92 Å². The Morgan fingerprint density at radius 1 is 1.44 bits per heavy atom.